The summed E-state index contributed by atoms with van der Waals surface area (Å²) < 4.78 is 22.5. The lowest BCUT2D eigenvalue weighted by molar-refractivity contribution is 0.427. The molecule has 0 N–H and O–H groups in total. The first-order valence-electron chi connectivity index (χ1n) is 24.8. The van der Waals surface area contributed by atoms with Crippen LogP contribution in [0.25, 0.3) is 0 Å². The minimum Gasteiger partial charge on any atom is -0.477 e. The Kier molecular flexibility index (Phi) is 9.32. The molecule has 0 radical (unpaired) electrons. The average Bonchev–Trinajstić information content (AvgIpc) is 3.82. The van der Waals surface area contributed by atoms with Gasteiger partial charge in [0.05, 0.1) is 11.4 Å². The molecule has 7 nitrogen and oxygen atoms in total. The van der Waals surface area contributed by atoms with Gasteiger partial charge in [-0.05, 0) is 108 Å². The van der Waals surface area contributed by atoms with Crippen LogP contribution in [0.15, 0.2) is 259 Å². The largest absolute Gasteiger partial charge is 0.477 e. The smallest absolute Gasteiger partial charge is 0.301 e. The maximum atomic E-state index is 7.55. The van der Waals surface area contributed by atoms with Gasteiger partial charge in [0, 0.05) is 79.9 Å². The summed E-state index contributed by atoms with van der Waals surface area (Å²) in [5, 5.41) is 0. The lowest BCUT2D eigenvalue weighted by Crippen LogP contribution is -2.60. The maximum Gasteiger partial charge on any atom is 0.301 e. The molecule has 0 saturated carbocycles. The van der Waals surface area contributed by atoms with Gasteiger partial charge in [0.15, 0.2) is 0 Å². The molecule has 1 aromatic heterocycles. The van der Waals surface area contributed by atoms with Crippen molar-refractivity contribution in [1.82, 2.24) is 0 Å². The van der Waals surface area contributed by atoms with Crippen molar-refractivity contribution >= 4 is 115 Å². The van der Waals surface area contributed by atoms with Crippen LogP contribution >= 0.6 is 0 Å². The number of rotatable bonds is 8. The molecule has 0 atom stereocenters. The van der Waals surface area contributed by atoms with Crippen molar-refractivity contribution in [2.45, 2.75) is 0 Å². The molecule has 11 aromatic rings. The molecule has 15 rings (SSSR count). The van der Waals surface area contributed by atoms with Crippen molar-refractivity contribution in [1.29, 1.82) is 0 Å². The zero-order valence-electron chi connectivity index (χ0n) is 39.4. The summed E-state index contributed by atoms with van der Waals surface area (Å²) in [4.78, 5) is 9.36. The predicted molar refractivity (Wildman–Crippen MR) is 300 cm³/mol. The summed E-state index contributed by atoms with van der Waals surface area (Å²) in [5.74, 6) is 2.66. The average molecular weight is 937 g/mol. The summed E-state index contributed by atoms with van der Waals surface area (Å²) in [6, 6.07) is 89.9. The van der Waals surface area contributed by atoms with Crippen molar-refractivity contribution < 1.29 is 13.9 Å². The number of fused-ring (bicyclic) bond motifs is 9. The van der Waals surface area contributed by atoms with E-state index in [1.54, 1.807) is 0 Å². The van der Waals surface area contributed by atoms with Crippen molar-refractivity contribution in [3.05, 3.63) is 255 Å². The third-order valence-electron chi connectivity index (χ3n) is 14.7. The van der Waals surface area contributed by atoms with Crippen LogP contribution in [0.4, 0.5) is 68.2 Å². The highest BCUT2D eigenvalue weighted by atomic mass is 16.5. The van der Waals surface area contributed by atoms with Crippen LogP contribution < -0.4 is 62.2 Å². The first-order valence-corrected chi connectivity index (χ1v) is 24.8. The minimum atomic E-state index is -0.320. The van der Waals surface area contributed by atoms with Crippen LogP contribution in [0.1, 0.15) is 0 Å². The van der Waals surface area contributed by atoms with Gasteiger partial charge in [-0.25, -0.2) is 0 Å². The summed E-state index contributed by atoms with van der Waals surface area (Å²) in [6.45, 7) is -0.640. The van der Waals surface area contributed by atoms with Gasteiger partial charge in [-0.2, -0.15) is 0 Å². The fraction of sp³-hybridized carbons (Fsp3) is 0. The number of hydrogen-bond donors (Lipinski definition) is 0. The van der Waals surface area contributed by atoms with E-state index in [1.165, 1.54) is 0 Å². The Balaban J connectivity index is 0.986. The molecule has 4 aliphatic heterocycles. The molecule has 0 bridgehead atoms. The highest BCUT2D eigenvalue weighted by molar-refractivity contribution is 7.01. The normalized spacial score (nSPS) is 13.0. The van der Waals surface area contributed by atoms with Gasteiger partial charge in [-0.1, -0.05) is 146 Å². The van der Waals surface area contributed by atoms with Crippen LogP contribution in [0.3, 0.4) is 0 Å². The first-order chi connectivity index (χ1) is 36.2. The maximum absolute atomic E-state index is 7.55. The number of hydrogen-bond acceptors (Lipinski definition) is 7. The van der Waals surface area contributed by atoms with E-state index in [-0.39, 0.29) is 13.4 Å². The van der Waals surface area contributed by atoms with Gasteiger partial charge in [-0.3, -0.25) is 0 Å². The highest BCUT2D eigenvalue weighted by Crippen LogP contribution is 2.51. The Hall–Kier alpha value is -9.59. The van der Waals surface area contributed by atoms with E-state index in [0.29, 0.717) is 11.5 Å². The van der Waals surface area contributed by atoms with Gasteiger partial charge < -0.3 is 33.5 Å². The first kappa shape index (κ1) is 41.2. The lowest BCUT2D eigenvalue weighted by atomic mass is 9.36. The molecule has 10 aromatic carbocycles. The van der Waals surface area contributed by atoms with Crippen molar-refractivity contribution in [2.24, 2.45) is 0 Å². The number of benzene rings is 10. The summed E-state index contributed by atoms with van der Waals surface area (Å²) in [7, 11) is 0. The topological polar surface area (TPSA) is 44.6 Å². The Morgan fingerprint density at radius 1 is 0.301 bits per heavy atom. The van der Waals surface area contributed by atoms with E-state index < -0.39 is 0 Å². The Bertz CT molecular complexity index is 3570. The molecule has 0 aliphatic carbocycles. The van der Waals surface area contributed by atoms with Gasteiger partial charge in [0.2, 0.25) is 11.5 Å². The Morgan fingerprint density at radius 2 is 0.616 bits per heavy atom. The molecule has 342 valence electrons. The molecular formula is C64H42B2N4O3. The number of para-hydroxylation sites is 8. The fourth-order valence-corrected chi connectivity index (χ4v) is 11.7. The van der Waals surface area contributed by atoms with Gasteiger partial charge in [0.25, 0.3) is 0 Å². The summed E-state index contributed by atoms with van der Waals surface area (Å²) in [5.41, 5.74) is 18.1. The second kappa shape index (κ2) is 16.5. The molecule has 0 saturated heterocycles. The zero-order chi connectivity index (χ0) is 48.0. The van der Waals surface area contributed by atoms with Crippen LogP contribution in [-0.2, 0) is 0 Å². The molecule has 73 heavy (non-hydrogen) atoms. The van der Waals surface area contributed by atoms with E-state index in [9.17, 15) is 0 Å². The van der Waals surface area contributed by atoms with Crippen LogP contribution in [0.5, 0.6) is 23.0 Å². The van der Waals surface area contributed by atoms with E-state index in [1.807, 2.05) is 0 Å². The number of ether oxygens (including phenoxy) is 2. The fourth-order valence-electron chi connectivity index (χ4n) is 11.7. The SMILES string of the molecule is c1ccc(N(c2ccccc2)c2cc3c4c(c2)N(c2ccccc2)c2ccccc2B4c2oc4c(c2O3)Oc2cc(N(c3ccccc3)c3ccccc3)cc3c2B4c2ccccc2N3c2ccccc2)cc1. The van der Waals surface area contributed by atoms with Gasteiger partial charge >= 0.3 is 13.4 Å². The molecule has 4 aliphatic rings. The van der Waals surface area contributed by atoms with Crippen molar-refractivity contribution in [3.63, 3.8) is 0 Å². The monoisotopic (exact) mass is 936 g/mol. The van der Waals surface area contributed by atoms with Crippen molar-refractivity contribution in [3.8, 4) is 23.0 Å². The summed E-state index contributed by atoms with van der Waals surface area (Å²) in [6.07, 6.45) is 0. The number of nitrogens with zero attached hydrogens (tertiary/aromatic N) is 4. The quantitative estimate of drug-likeness (QED) is 0.141. The Labute approximate surface area is 424 Å². The van der Waals surface area contributed by atoms with Gasteiger partial charge in [0.1, 0.15) is 22.8 Å². The number of furan rings is 1. The highest BCUT2D eigenvalue weighted by Gasteiger charge is 2.52. The molecule has 0 unspecified atom stereocenters. The van der Waals surface area contributed by atoms with E-state index >= 15 is 0 Å². The summed E-state index contributed by atoms with van der Waals surface area (Å²) >= 11 is 0. The number of anilines is 12. The van der Waals surface area contributed by atoms with Crippen LogP contribution in [0, 0.1) is 0 Å². The van der Waals surface area contributed by atoms with E-state index in [0.717, 1.165) is 113 Å². The van der Waals surface area contributed by atoms with Crippen LogP contribution in [-0.4, -0.2) is 13.4 Å². The molecule has 9 heteroatoms. The molecular weight excluding hydrogens is 894 g/mol. The molecule has 0 spiro atoms. The molecule has 5 heterocycles. The van der Waals surface area contributed by atoms with E-state index in [2.05, 4.69) is 274 Å². The van der Waals surface area contributed by atoms with Gasteiger partial charge in [-0.15, -0.1) is 0 Å². The second-order valence-corrected chi connectivity index (χ2v) is 18.8. The Morgan fingerprint density at radius 3 is 0.973 bits per heavy atom. The van der Waals surface area contributed by atoms with Crippen LogP contribution in [0.2, 0.25) is 0 Å². The second-order valence-electron chi connectivity index (χ2n) is 18.8. The zero-order valence-corrected chi connectivity index (χ0v) is 39.4. The molecule has 0 amide bonds. The lowest BCUT2D eigenvalue weighted by Gasteiger charge is -2.40. The van der Waals surface area contributed by atoms with E-state index in [4.69, 9.17) is 13.9 Å². The third kappa shape index (κ3) is 6.42. The molecule has 0 fully saturated rings. The minimum absolute atomic E-state index is 0.320. The van der Waals surface area contributed by atoms with Crippen molar-refractivity contribution in [2.75, 3.05) is 19.6 Å². The predicted octanol–water partition coefficient (Wildman–Crippen LogP) is 13.0. The third-order valence-corrected chi connectivity index (χ3v) is 14.7. The standard InChI is InChI=1S/C64H42B2N4O3/c1-7-23-43(24-8-1)67(44-25-9-2-10-26-44)49-39-55-59-57(41-49)71-61-62-64(73-63(61)65(59)51-35-19-21-37-53(51)69(55)47-31-15-5-16-32-47)66-52-36-20-22-38-54(52)70(48-33-17-6-18-34-48)56-40-50(42-58(72-62)60(56)66)68(45-27-11-3-12-28-45)46-29-13-4-14-30-46/h1-42H.